The maximum atomic E-state index is 11.9. The Labute approximate surface area is 123 Å². The average Bonchev–Trinajstić information content (AvgIpc) is 3.16. The smallest absolute Gasteiger partial charge is 0.350 e. The van der Waals surface area contributed by atoms with Gasteiger partial charge in [-0.05, 0) is 32.6 Å². The van der Waals surface area contributed by atoms with Crippen LogP contribution in [0.2, 0.25) is 0 Å². The van der Waals surface area contributed by atoms with Crippen molar-refractivity contribution in [2.75, 3.05) is 31.4 Å². The van der Waals surface area contributed by atoms with Crippen molar-refractivity contribution in [2.45, 2.75) is 38.6 Å². The van der Waals surface area contributed by atoms with Crippen molar-refractivity contribution in [3.63, 3.8) is 0 Å². The van der Waals surface area contributed by atoms with Crippen molar-refractivity contribution in [1.82, 2.24) is 0 Å². The van der Waals surface area contributed by atoms with E-state index >= 15 is 0 Å². The molecule has 1 fully saturated rings. The summed E-state index contributed by atoms with van der Waals surface area (Å²) in [6.07, 6.45) is 2.27. The van der Waals surface area contributed by atoms with Crippen LogP contribution in [0.15, 0.2) is 0 Å². The van der Waals surface area contributed by atoms with Crippen molar-refractivity contribution in [1.29, 1.82) is 0 Å². The fourth-order valence-corrected chi connectivity index (χ4v) is 3.42. The fourth-order valence-electron chi connectivity index (χ4n) is 2.20. The number of hydrogen-bond acceptors (Lipinski definition) is 6. The molecule has 1 aliphatic carbocycles. The Balaban J connectivity index is 2.25. The Bertz CT molecular complexity index is 483. The Morgan fingerprint density at radius 3 is 2.80 bits per heavy atom. The van der Waals surface area contributed by atoms with Crippen LogP contribution in [-0.4, -0.2) is 32.3 Å². The summed E-state index contributed by atoms with van der Waals surface area (Å²) in [4.78, 5) is 12.5. The van der Waals surface area contributed by atoms with E-state index in [0.717, 1.165) is 23.4 Å². The van der Waals surface area contributed by atoms with Crippen molar-refractivity contribution < 1.29 is 14.3 Å². The molecular weight excluding hydrogens is 276 g/mol. The van der Waals surface area contributed by atoms with E-state index in [0.29, 0.717) is 29.7 Å². The Kier molecular flexibility index (Phi) is 4.88. The minimum absolute atomic E-state index is 0.172. The van der Waals surface area contributed by atoms with Gasteiger partial charge in [0.2, 0.25) is 0 Å². The molecular formula is C14H22N2O3S. The molecule has 0 aliphatic heterocycles. The van der Waals surface area contributed by atoms with E-state index in [1.165, 1.54) is 11.3 Å². The molecule has 2 rings (SSSR count). The monoisotopic (exact) mass is 298 g/mol. The van der Waals surface area contributed by atoms with Gasteiger partial charge in [0.15, 0.2) is 0 Å². The minimum atomic E-state index is -0.329. The topological polar surface area (TPSA) is 73.6 Å². The summed E-state index contributed by atoms with van der Waals surface area (Å²) in [5, 5.41) is 4.38. The van der Waals surface area contributed by atoms with Crippen molar-refractivity contribution in [3.05, 3.63) is 10.4 Å². The summed E-state index contributed by atoms with van der Waals surface area (Å²) < 4.78 is 10.2. The van der Waals surface area contributed by atoms with Crippen LogP contribution in [0.1, 0.15) is 47.8 Å². The Hall–Kier alpha value is -1.27. The molecule has 1 aromatic rings. The second-order valence-electron chi connectivity index (χ2n) is 5.08. The number of ether oxygens (including phenoxy) is 2. The molecule has 0 radical (unpaired) electrons. The number of thiophene rings is 1. The quantitative estimate of drug-likeness (QED) is 0.757. The second-order valence-corrected chi connectivity index (χ2v) is 6.10. The SMILES string of the molecule is CCOC(=O)c1sc(NC(C)COC)c(C2CC2)c1N. The number of methoxy groups -OCH3 is 1. The zero-order valence-corrected chi connectivity index (χ0v) is 13.0. The van der Waals surface area contributed by atoms with Gasteiger partial charge < -0.3 is 20.5 Å². The molecule has 1 aliphatic rings. The number of nitrogen functional groups attached to an aromatic ring is 1. The molecule has 1 saturated carbocycles. The van der Waals surface area contributed by atoms with Gasteiger partial charge in [0.05, 0.1) is 23.9 Å². The molecule has 0 aromatic carbocycles. The van der Waals surface area contributed by atoms with E-state index < -0.39 is 0 Å². The van der Waals surface area contributed by atoms with E-state index in [9.17, 15) is 4.79 Å². The number of esters is 1. The largest absolute Gasteiger partial charge is 0.462 e. The van der Waals surface area contributed by atoms with E-state index in [1.54, 1.807) is 14.0 Å². The Morgan fingerprint density at radius 1 is 1.55 bits per heavy atom. The van der Waals surface area contributed by atoms with Gasteiger partial charge in [-0.25, -0.2) is 4.79 Å². The van der Waals surface area contributed by atoms with E-state index in [-0.39, 0.29) is 12.0 Å². The first kappa shape index (κ1) is 15.1. The third-order valence-electron chi connectivity index (χ3n) is 3.22. The Morgan fingerprint density at radius 2 is 2.25 bits per heavy atom. The van der Waals surface area contributed by atoms with Gasteiger partial charge in [0.1, 0.15) is 4.88 Å². The highest BCUT2D eigenvalue weighted by Gasteiger charge is 2.33. The lowest BCUT2D eigenvalue weighted by Crippen LogP contribution is -2.20. The summed E-state index contributed by atoms with van der Waals surface area (Å²) in [7, 11) is 1.67. The summed E-state index contributed by atoms with van der Waals surface area (Å²) in [5.74, 6) is 0.149. The number of carbonyl (C=O) groups excluding carboxylic acids is 1. The molecule has 0 spiro atoms. The summed E-state index contributed by atoms with van der Waals surface area (Å²) in [6, 6.07) is 0.172. The van der Waals surface area contributed by atoms with Crippen molar-refractivity contribution in [3.8, 4) is 0 Å². The standard InChI is InChI=1S/C14H22N2O3S/c1-4-19-14(17)12-11(15)10(9-5-6-9)13(20-12)16-8(2)7-18-3/h8-9,16H,4-7,15H2,1-3H3. The molecule has 0 bridgehead atoms. The second kappa shape index (κ2) is 6.45. The van der Waals surface area contributed by atoms with Gasteiger partial charge in [-0.15, -0.1) is 11.3 Å². The van der Waals surface area contributed by atoms with Crippen LogP contribution in [0, 0.1) is 0 Å². The lowest BCUT2D eigenvalue weighted by Gasteiger charge is -2.14. The van der Waals surface area contributed by atoms with Crippen molar-refractivity contribution in [2.24, 2.45) is 0 Å². The first-order chi connectivity index (χ1) is 9.58. The van der Waals surface area contributed by atoms with Crippen LogP contribution >= 0.6 is 11.3 Å². The maximum Gasteiger partial charge on any atom is 0.350 e. The van der Waals surface area contributed by atoms with Gasteiger partial charge in [-0.2, -0.15) is 0 Å². The predicted molar refractivity (Wildman–Crippen MR) is 81.6 cm³/mol. The highest BCUT2D eigenvalue weighted by molar-refractivity contribution is 7.18. The van der Waals surface area contributed by atoms with Gasteiger partial charge in [0, 0.05) is 18.7 Å². The molecule has 0 amide bonds. The zero-order chi connectivity index (χ0) is 14.7. The number of anilines is 2. The number of nitrogens with one attached hydrogen (secondary N) is 1. The molecule has 20 heavy (non-hydrogen) atoms. The molecule has 1 heterocycles. The van der Waals surface area contributed by atoms with Gasteiger partial charge in [-0.1, -0.05) is 0 Å². The number of rotatable bonds is 7. The van der Waals surface area contributed by atoms with E-state index in [2.05, 4.69) is 5.32 Å². The molecule has 1 unspecified atom stereocenters. The van der Waals surface area contributed by atoms with Crippen LogP contribution < -0.4 is 11.1 Å². The molecule has 5 nitrogen and oxygen atoms in total. The summed E-state index contributed by atoms with van der Waals surface area (Å²) in [6.45, 7) is 4.80. The van der Waals surface area contributed by atoms with Gasteiger partial charge >= 0.3 is 5.97 Å². The van der Waals surface area contributed by atoms with Crippen LogP contribution in [0.5, 0.6) is 0 Å². The highest BCUT2D eigenvalue weighted by Crippen LogP contribution is 2.51. The maximum absolute atomic E-state index is 11.9. The molecule has 1 aromatic heterocycles. The molecule has 1 atom stereocenters. The minimum Gasteiger partial charge on any atom is -0.462 e. The first-order valence-electron chi connectivity index (χ1n) is 6.93. The van der Waals surface area contributed by atoms with Crippen molar-refractivity contribution >= 4 is 28.0 Å². The molecule has 0 saturated heterocycles. The normalized spacial score (nSPS) is 15.9. The van der Waals surface area contributed by atoms with E-state index in [4.69, 9.17) is 15.2 Å². The number of hydrogen-bond donors (Lipinski definition) is 2. The van der Waals surface area contributed by atoms with Gasteiger partial charge in [0.25, 0.3) is 0 Å². The number of carbonyl (C=O) groups is 1. The van der Waals surface area contributed by atoms with Gasteiger partial charge in [-0.3, -0.25) is 0 Å². The summed E-state index contributed by atoms with van der Waals surface area (Å²) in [5.41, 5.74) is 7.83. The third-order valence-corrected chi connectivity index (χ3v) is 4.36. The van der Waals surface area contributed by atoms with Crippen LogP contribution in [0.3, 0.4) is 0 Å². The van der Waals surface area contributed by atoms with Crippen LogP contribution in [-0.2, 0) is 9.47 Å². The highest BCUT2D eigenvalue weighted by atomic mass is 32.1. The molecule has 3 N–H and O–H groups in total. The molecule has 6 heteroatoms. The fraction of sp³-hybridized carbons (Fsp3) is 0.643. The number of nitrogens with two attached hydrogens (primary N) is 1. The lowest BCUT2D eigenvalue weighted by atomic mass is 10.1. The molecule has 112 valence electrons. The predicted octanol–water partition coefficient (Wildman–Crippen LogP) is 2.83. The zero-order valence-electron chi connectivity index (χ0n) is 12.2. The average molecular weight is 298 g/mol. The summed E-state index contributed by atoms with van der Waals surface area (Å²) >= 11 is 1.39. The van der Waals surface area contributed by atoms with Crippen LogP contribution in [0.25, 0.3) is 0 Å². The van der Waals surface area contributed by atoms with E-state index in [1.807, 2.05) is 6.92 Å². The van der Waals surface area contributed by atoms with Crippen LogP contribution in [0.4, 0.5) is 10.7 Å². The third kappa shape index (κ3) is 3.24. The lowest BCUT2D eigenvalue weighted by molar-refractivity contribution is 0.0533. The first-order valence-corrected chi connectivity index (χ1v) is 7.74.